The molecule has 0 bridgehead atoms. The molecule has 0 fully saturated rings. The maximum absolute atomic E-state index is 5.80. The molecule has 1 heterocycles. The Morgan fingerprint density at radius 3 is 2.50 bits per heavy atom. The minimum atomic E-state index is 0.206. The zero-order valence-corrected chi connectivity index (χ0v) is 12.8. The van der Waals surface area contributed by atoms with Crippen molar-refractivity contribution < 1.29 is 4.74 Å². The van der Waals surface area contributed by atoms with E-state index in [4.69, 9.17) is 15.6 Å². The second-order valence-corrected chi connectivity index (χ2v) is 5.27. The standard InChI is InChI=1S/C18H21N3O/c1-2-22-17-10-8-16(9-11-17)21-18(12-15(13-19)20-21)14-6-4-3-5-7-14/h3-11,18H,2,12-13,19H2,1H3. The highest BCUT2D eigenvalue weighted by atomic mass is 16.5. The van der Waals surface area contributed by atoms with Gasteiger partial charge < -0.3 is 10.5 Å². The van der Waals surface area contributed by atoms with Crippen LogP contribution in [-0.4, -0.2) is 18.9 Å². The molecular formula is C18H21N3O. The van der Waals surface area contributed by atoms with Gasteiger partial charge in [-0.1, -0.05) is 30.3 Å². The first-order valence-corrected chi connectivity index (χ1v) is 7.65. The molecule has 114 valence electrons. The van der Waals surface area contributed by atoms with E-state index in [1.807, 2.05) is 37.3 Å². The van der Waals surface area contributed by atoms with Gasteiger partial charge in [0.2, 0.25) is 0 Å². The Hall–Kier alpha value is -2.33. The van der Waals surface area contributed by atoms with Gasteiger partial charge in [0.25, 0.3) is 0 Å². The Balaban J connectivity index is 1.89. The highest BCUT2D eigenvalue weighted by Crippen LogP contribution is 2.35. The Kier molecular flexibility index (Phi) is 4.39. The van der Waals surface area contributed by atoms with Crippen molar-refractivity contribution in [3.05, 3.63) is 60.2 Å². The van der Waals surface area contributed by atoms with Crippen molar-refractivity contribution in [3.63, 3.8) is 0 Å². The van der Waals surface area contributed by atoms with Crippen LogP contribution in [0.15, 0.2) is 59.7 Å². The van der Waals surface area contributed by atoms with Crippen molar-refractivity contribution >= 4 is 11.4 Å². The van der Waals surface area contributed by atoms with Crippen LogP contribution in [0.25, 0.3) is 0 Å². The SMILES string of the molecule is CCOc1ccc(N2N=C(CN)CC2c2ccccc2)cc1. The lowest BCUT2D eigenvalue weighted by Crippen LogP contribution is -2.18. The molecule has 1 aliphatic heterocycles. The van der Waals surface area contributed by atoms with Crippen LogP contribution in [0.2, 0.25) is 0 Å². The number of nitrogens with two attached hydrogens (primary N) is 1. The van der Waals surface area contributed by atoms with Gasteiger partial charge in [0.15, 0.2) is 0 Å². The molecule has 0 aliphatic carbocycles. The van der Waals surface area contributed by atoms with E-state index in [0.717, 1.165) is 23.6 Å². The van der Waals surface area contributed by atoms with Gasteiger partial charge in [-0.05, 0) is 36.8 Å². The first kappa shape index (κ1) is 14.6. The van der Waals surface area contributed by atoms with E-state index < -0.39 is 0 Å². The Morgan fingerprint density at radius 1 is 1.14 bits per heavy atom. The van der Waals surface area contributed by atoms with Crippen molar-refractivity contribution in [2.75, 3.05) is 18.2 Å². The van der Waals surface area contributed by atoms with Crippen LogP contribution in [0.3, 0.4) is 0 Å². The lowest BCUT2D eigenvalue weighted by molar-refractivity contribution is 0.340. The summed E-state index contributed by atoms with van der Waals surface area (Å²) in [5, 5.41) is 6.76. The van der Waals surface area contributed by atoms with Gasteiger partial charge in [-0.15, -0.1) is 0 Å². The van der Waals surface area contributed by atoms with Crippen molar-refractivity contribution in [1.82, 2.24) is 0 Å². The van der Waals surface area contributed by atoms with Crippen LogP contribution >= 0.6 is 0 Å². The first-order valence-electron chi connectivity index (χ1n) is 7.65. The van der Waals surface area contributed by atoms with E-state index >= 15 is 0 Å². The molecule has 1 aliphatic rings. The number of benzene rings is 2. The molecule has 3 rings (SSSR count). The molecule has 0 radical (unpaired) electrons. The zero-order valence-electron chi connectivity index (χ0n) is 12.8. The number of rotatable bonds is 5. The van der Waals surface area contributed by atoms with E-state index in [2.05, 4.69) is 29.3 Å². The minimum Gasteiger partial charge on any atom is -0.494 e. The van der Waals surface area contributed by atoms with Crippen LogP contribution in [0.5, 0.6) is 5.75 Å². The van der Waals surface area contributed by atoms with Crippen LogP contribution in [0, 0.1) is 0 Å². The van der Waals surface area contributed by atoms with Crippen molar-refractivity contribution in [2.24, 2.45) is 10.8 Å². The predicted octanol–water partition coefficient (Wildman–Crippen LogP) is 3.35. The van der Waals surface area contributed by atoms with E-state index in [9.17, 15) is 0 Å². The number of anilines is 1. The molecule has 4 nitrogen and oxygen atoms in total. The van der Waals surface area contributed by atoms with E-state index in [0.29, 0.717) is 13.2 Å². The smallest absolute Gasteiger partial charge is 0.119 e. The fraction of sp³-hybridized carbons (Fsp3) is 0.278. The number of hydrazone groups is 1. The molecule has 0 spiro atoms. The molecule has 2 aromatic carbocycles. The average Bonchev–Trinajstić information content (AvgIpc) is 3.01. The summed E-state index contributed by atoms with van der Waals surface area (Å²) < 4.78 is 5.50. The maximum Gasteiger partial charge on any atom is 0.119 e. The van der Waals surface area contributed by atoms with Crippen LogP contribution in [0.4, 0.5) is 5.69 Å². The van der Waals surface area contributed by atoms with Crippen LogP contribution in [-0.2, 0) is 0 Å². The molecule has 1 unspecified atom stereocenters. The third-order valence-electron chi connectivity index (χ3n) is 3.81. The van der Waals surface area contributed by atoms with Crippen LogP contribution < -0.4 is 15.5 Å². The van der Waals surface area contributed by atoms with Crippen molar-refractivity contribution in [1.29, 1.82) is 0 Å². The van der Waals surface area contributed by atoms with Gasteiger partial charge in [-0.25, -0.2) is 0 Å². The first-order chi connectivity index (χ1) is 10.8. The topological polar surface area (TPSA) is 50.8 Å². The minimum absolute atomic E-state index is 0.206. The molecule has 2 aromatic rings. The van der Waals surface area contributed by atoms with Crippen molar-refractivity contribution in [2.45, 2.75) is 19.4 Å². The van der Waals surface area contributed by atoms with E-state index in [1.54, 1.807) is 0 Å². The number of hydrogen-bond donors (Lipinski definition) is 1. The third-order valence-corrected chi connectivity index (χ3v) is 3.81. The second kappa shape index (κ2) is 6.62. The lowest BCUT2D eigenvalue weighted by Gasteiger charge is -2.24. The van der Waals surface area contributed by atoms with E-state index in [1.165, 1.54) is 5.56 Å². The molecule has 2 N–H and O–H groups in total. The normalized spacial score (nSPS) is 17.5. The summed E-state index contributed by atoms with van der Waals surface area (Å²) >= 11 is 0. The highest BCUT2D eigenvalue weighted by Gasteiger charge is 2.28. The van der Waals surface area contributed by atoms with Gasteiger partial charge >= 0.3 is 0 Å². The third kappa shape index (κ3) is 2.97. The Labute approximate surface area is 131 Å². The summed E-state index contributed by atoms with van der Waals surface area (Å²) in [7, 11) is 0. The van der Waals surface area contributed by atoms with Gasteiger partial charge in [0.1, 0.15) is 5.75 Å². The fourth-order valence-electron chi connectivity index (χ4n) is 2.73. The highest BCUT2D eigenvalue weighted by molar-refractivity contribution is 5.90. The lowest BCUT2D eigenvalue weighted by atomic mass is 10.0. The monoisotopic (exact) mass is 295 g/mol. The molecule has 4 heteroatoms. The molecule has 1 atom stereocenters. The summed E-state index contributed by atoms with van der Waals surface area (Å²) in [6, 6.07) is 18.7. The van der Waals surface area contributed by atoms with Gasteiger partial charge in [-0.2, -0.15) is 5.10 Å². The number of hydrogen-bond acceptors (Lipinski definition) is 4. The largest absolute Gasteiger partial charge is 0.494 e. The maximum atomic E-state index is 5.80. The summed E-state index contributed by atoms with van der Waals surface area (Å²) in [5.41, 5.74) is 9.14. The number of ether oxygens (including phenoxy) is 1. The zero-order chi connectivity index (χ0) is 15.4. The van der Waals surface area contributed by atoms with Gasteiger partial charge in [0.05, 0.1) is 24.0 Å². The summed E-state index contributed by atoms with van der Waals surface area (Å²) in [4.78, 5) is 0. The van der Waals surface area contributed by atoms with Gasteiger partial charge in [-0.3, -0.25) is 5.01 Å². The molecule has 0 saturated heterocycles. The Morgan fingerprint density at radius 2 is 1.86 bits per heavy atom. The summed E-state index contributed by atoms with van der Waals surface area (Å²) in [5.74, 6) is 0.879. The fourth-order valence-corrected chi connectivity index (χ4v) is 2.73. The quantitative estimate of drug-likeness (QED) is 0.920. The van der Waals surface area contributed by atoms with E-state index in [-0.39, 0.29) is 6.04 Å². The molecule has 22 heavy (non-hydrogen) atoms. The predicted molar refractivity (Wildman–Crippen MR) is 90.4 cm³/mol. The number of nitrogens with zero attached hydrogens (tertiary/aromatic N) is 2. The molecule has 0 amide bonds. The molecule has 0 aromatic heterocycles. The molecular weight excluding hydrogens is 274 g/mol. The Bertz CT molecular complexity index is 637. The summed E-state index contributed by atoms with van der Waals surface area (Å²) in [6.07, 6.45) is 0.869. The molecule has 0 saturated carbocycles. The van der Waals surface area contributed by atoms with Crippen LogP contribution in [0.1, 0.15) is 24.9 Å². The second-order valence-electron chi connectivity index (χ2n) is 5.27. The average molecular weight is 295 g/mol. The van der Waals surface area contributed by atoms with Gasteiger partial charge in [0, 0.05) is 13.0 Å². The summed E-state index contributed by atoms with van der Waals surface area (Å²) in [6.45, 7) is 3.15. The van der Waals surface area contributed by atoms with Crippen molar-refractivity contribution in [3.8, 4) is 5.75 Å².